The first kappa shape index (κ1) is 22.1. The number of benzene rings is 3. The molecule has 0 aliphatic rings. The van der Waals surface area contributed by atoms with Crippen molar-refractivity contribution in [1.82, 2.24) is 14.4 Å². The van der Waals surface area contributed by atoms with Crippen LogP contribution in [0.25, 0.3) is 45.4 Å². The molecule has 174 valence electrons. The molecule has 0 saturated carbocycles. The van der Waals surface area contributed by atoms with Gasteiger partial charge in [-0.3, -0.25) is 9.20 Å². The van der Waals surface area contributed by atoms with Gasteiger partial charge in [-0.05, 0) is 55.0 Å². The summed E-state index contributed by atoms with van der Waals surface area (Å²) in [6.45, 7) is 1.74. The molecule has 1 N–H and O–H groups in total. The summed E-state index contributed by atoms with van der Waals surface area (Å²) in [5, 5.41) is 14.1. The van der Waals surface area contributed by atoms with Crippen molar-refractivity contribution in [2.75, 3.05) is 5.32 Å². The molecule has 6 aromatic rings. The lowest BCUT2D eigenvalue weighted by molar-refractivity contribution is 0.620. The Morgan fingerprint density at radius 3 is 2.72 bits per heavy atom. The van der Waals surface area contributed by atoms with Crippen LogP contribution in [-0.2, 0) is 0 Å². The Bertz CT molecular complexity index is 2000. The zero-order chi connectivity index (χ0) is 25.0. The van der Waals surface area contributed by atoms with Gasteiger partial charge < -0.3 is 9.73 Å². The summed E-state index contributed by atoms with van der Waals surface area (Å²) < 4.78 is 7.35. The normalized spacial score (nSPS) is 12.0. The zero-order valence-electron chi connectivity index (χ0n) is 18.7. The van der Waals surface area contributed by atoms with Gasteiger partial charge in [0.05, 0.1) is 37.4 Å². The summed E-state index contributed by atoms with van der Waals surface area (Å²) in [5.74, 6) is 0.354. The molecule has 0 aliphatic carbocycles. The fourth-order valence-corrected chi connectivity index (χ4v) is 4.62. The number of rotatable bonds is 3. The van der Waals surface area contributed by atoms with Crippen LogP contribution in [0.15, 0.2) is 69.9 Å². The first-order valence-electron chi connectivity index (χ1n) is 10.9. The number of nitrogens with one attached hydrogen (secondary N) is 1. The van der Waals surface area contributed by atoms with Gasteiger partial charge in [0.25, 0.3) is 5.56 Å². The number of imidazole rings is 1. The third-order valence-electron chi connectivity index (χ3n) is 6.06. The number of nitrogens with zero attached hydrogens (tertiary/aromatic N) is 4. The predicted molar refractivity (Wildman–Crippen MR) is 141 cm³/mol. The van der Waals surface area contributed by atoms with E-state index in [1.54, 1.807) is 43.5 Å². The second kappa shape index (κ2) is 8.38. The third kappa shape index (κ3) is 3.39. The van der Waals surface area contributed by atoms with E-state index in [9.17, 15) is 10.1 Å². The summed E-state index contributed by atoms with van der Waals surface area (Å²) in [7, 11) is 0. The van der Waals surface area contributed by atoms with Crippen LogP contribution in [0.2, 0.25) is 10.0 Å². The molecule has 0 bridgehead atoms. The Hall–Kier alpha value is -4.38. The maximum absolute atomic E-state index is 13.4. The molecule has 36 heavy (non-hydrogen) atoms. The number of pyridine rings is 1. The Morgan fingerprint density at radius 1 is 1.06 bits per heavy atom. The van der Waals surface area contributed by atoms with Crippen LogP contribution < -0.4 is 16.1 Å². The minimum Gasteiger partial charge on any atom is -0.436 e. The predicted octanol–water partition coefficient (Wildman–Crippen LogP) is 5.71. The number of aromatic nitrogens is 3. The first-order valence-corrected chi connectivity index (χ1v) is 11.7. The van der Waals surface area contributed by atoms with E-state index in [0.717, 1.165) is 0 Å². The lowest BCUT2D eigenvalue weighted by atomic mass is 10.1. The molecule has 7 nitrogen and oxygen atoms in total. The molecule has 0 fully saturated rings. The minimum atomic E-state index is -0.261. The van der Waals surface area contributed by atoms with Crippen molar-refractivity contribution in [2.45, 2.75) is 6.92 Å². The van der Waals surface area contributed by atoms with E-state index in [1.165, 1.54) is 4.40 Å². The molecule has 6 rings (SSSR count). The molecule has 3 aromatic carbocycles. The number of fused-ring (bicyclic) bond motifs is 4. The smallest absolute Gasteiger partial charge is 0.265 e. The number of para-hydroxylation sites is 2. The maximum Gasteiger partial charge on any atom is 0.265 e. The molecule has 0 amide bonds. The number of anilines is 1. The van der Waals surface area contributed by atoms with Crippen molar-refractivity contribution >= 4 is 62.9 Å². The largest absolute Gasteiger partial charge is 0.436 e. The lowest BCUT2D eigenvalue weighted by Crippen LogP contribution is -2.34. The van der Waals surface area contributed by atoms with Gasteiger partial charge in [0.15, 0.2) is 11.2 Å². The highest BCUT2D eigenvalue weighted by atomic mass is 35.5. The molecule has 0 unspecified atom stereocenters. The number of oxazole rings is 1. The van der Waals surface area contributed by atoms with Gasteiger partial charge >= 0.3 is 0 Å². The Balaban J connectivity index is 1.45. The van der Waals surface area contributed by atoms with Crippen LogP contribution in [0.4, 0.5) is 5.69 Å². The molecule has 0 spiro atoms. The van der Waals surface area contributed by atoms with Crippen molar-refractivity contribution in [1.29, 1.82) is 5.26 Å². The topological polar surface area (TPSA) is 96.2 Å². The summed E-state index contributed by atoms with van der Waals surface area (Å²) in [5.41, 5.74) is 4.77. The second-order valence-corrected chi connectivity index (χ2v) is 8.97. The number of hydrogen-bond acceptors (Lipinski definition) is 6. The van der Waals surface area contributed by atoms with Crippen LogP contribution in [0.5, 0.6) is 0 Å². The summed E-state index contributed by atoms with van der Waals surface area (Å²) >= 11 is 12.4. The highest BCUT2D eigenvalue weighted by Gasteiger charge is 2.16. The summed E-state index contributed by atoms with van der Waals surface area (Å²) in [6, 6.07) is 20.2. The van der Waals surface area contributed by atoms with Crippen molar-refractivity contribution in [3.8, 4) is 17.5 Å². The summed E-state index contributed by atoms with van der Waals surface area (Å²) in [6.07, 6.45) is 1.60. The van der Waals surface area contributed by atoms with Gasteiger partial charge in [-0.25, -0.2) is 9.97 Å². The quantitative estimate of drug-likeness (QED) is 0.326. The van der Waals surface area contributed by atoms with Crippen molar-refractivity contribution in [2.24, 2.45) is 0 Å². The lowest BCUT2D eigenvalue weighted by Gasteiger charge is -2.04. The molecule has 0 saturated heterocycles. The van der Waals surface area contributed by atoms with Gasteiger partial charge in [0.2, 0.25) is 5.89 Å². The minimum absolute atomic E-state index is 0.261. The number of hydrogen-bond donors (Lipinski definition) is 1. The van der Waals surface area contributed by atoms with Crippen LogP contribution in [0.3, 0.4) is 0 Å². The average molecular weight is 512 g/mol. The molecule has 0 atom stereocenters. The SMILES string of the molecule is Cc1c(C#N)c2nc3ccccc3n2c(=O)/c1=C\Nc1ccc2oc(-c3cccc(Cl)c3Cl)nc2c1. The van der Waals surface area contributed by atoms with Gasteiger partial charge in [-0.15, -0.1) is 0 Å². The van der Waals surface area contributed by atoms with Gasteiger partial charge in [-0.2, -0.15) is 5.26 Å². The highest BCUT2D eigenvalue weighted by Crippen LogP contribution is 2.34. The van der Waals surface area contributed by atoms with Crippen LogP contribution in [0, 0.1) is 18.3 Å². The molecule has 3 aromatic heterocycles. The van der Waals surface area contributed by atoms with E-state index in [0.29, 0.717) is 71.3 Å². The van der Waals surface area contributed by atoms with E-state index in [4.69, 9.17) is 27.6 Å². The molecule has 9 heteroatoms. The Labute approximate surface area is 213 Å². The molecular weight excluding hydrogens is 497 g/mol. The van der Waals surface area contributed by atoms with Gasteiger partial charge in [0.1, 0.15) is 11.6 Å². The van der Waals surface area contributed by atoms with E-state index >= 15 is 0 Å². The number of nitriles is 1. The first-order chi connectivity index (χ1) is 17.5. The van der Waals surface area contributed by atoms with Crippen molar-refractivity contribution < 1.29 is 4.42 Å². The monoisotopic (exact) mass is 511 g/mol. The molecule has 3 heterocycles. The van der Waals surface area contributed by atoms with Gasteiger partial charge in [0, 0.05) is 11.9 Å². The second-order valence-electron chi connectivity index (χ2n) is 8.18. The van der Waals surface area contributed by atoms with Crippen LogP contribution >= 0.6 is 23.2 Å². The molecular formula is C27H15Cl2N5O2. The Kier molecular flexibility index (Phi) is 5.15. The summed E-state index contributed by atoms with van der Waals surface area (Å²) in [4.78, 5) is 22.5. The van der Waals surface area contributed by atoms with E-state index < -0.39 is 0 Å². The fraction of sp³-hybridized carbons (Fsp3) is 0.0370. The van der Waals surface area contributed by atoms with E-state index in [-0.39, 0.29) is 5.56 Å². The zero-order valence-corrected chi connectivity index (χ0v) is 20.2. The third-order valence-corrected chi connectivity index (χ3v) is 6.88. The number of halogens is 2. The van der Waals surface area contributed by atoms with Crippen LogP contribution in [-0.4, -0.2) is 14.4 Å². The average Bonchev–Trinajstić information content (AvgIpc) is 3.47. The van der Waals surface area contributed by atoms with Crippen LogP contribution in [0.1, 0.15) is 11.1 Å². The maximum atomic E-state index is 13.4. The Morgan fingerprint density at radius 2 is 1.89 bits per heavy atom. The van der Waals surface area contributed by atoms with Gasteiger partial charge in [-0.1, -0.05) is 41.4 Å². The fourth-order valence-electron chi connectivity index (χ4n) is 4.24. The van der Waals surface area contributed by atoms with Crippen molar-refractivity contribution in [3.63, 3.8) is 0 Å². The van der Waals surface area contributed by atoms with Crippen molar-refractivity contribution in [3.05, 3.63) is 97.4 Å². The van der Waals surface area contributed by atoms with E-state index in [1.807, 2.05) is 30.3 Å². The molecule has 0 radical (unpaired) electrons. The highest BCUT2D eigenvalue weighted by molar-refractivity contribution is 6.43. The molecule has 0 aliphatic heterocycles. The van der Waals surface area contributed by atoms with E-state index in [2.05, 4.69) is 21.4 Å². The standard InChI is InChI=1S/C27H15Cl2N5O2/c1-14-17(12-30)25-32-20-7-2-3-8-22(20)34(25)27(35)18(14)13-31-15-9-10-23-21(11-15)33-26(36-23)16-5-4-6-19(28)24(16)29/h2-11,13,31H,1H3/b18-13-.